The van der Waals surface area contributed by atoms with Gasteiger partial charge < -0.3 is 9.63 Å². The van der Waals surface area contributed by atoms with Gasteiger partial charge in [0.25, 0.3) is 0 Å². The summed E-state index contributed by atoms with van der Waals surface area (Å²) in [5, 5.41) is 12.8. The molecular weight excluding hydrogens is 228 g/mol. The van der Waals surface area contributed by atoms with Crippen molar-refractivity contribution in [1.29, 1.82) is 0 Å². The minimum absolute atomic E-state index is 0.137. The lowest BCUT2D eigenvalue weighted by atomic mass is 10.2. The summed E-state index contributed by atoms with van der Waals surface area (Å²) in [4.78, 5) is 14.5. The van der Waals surface area contributed by atoms with E-state index in [2.05, 4.69) is 24.0 Å². The predicted molar refractivity (Wildman–Crippen MR) is 61.3 cm³/mol. The molecule has 0 aliphatic carbocycles. The Morgan fingerprint density at radius 2 is 2.31 bits per heavy atom. The molecule has 0 fully saturated rings. The summed E-state index contributed by atoms with van der Waals surface area (Å²) >= 11 is 1.75. The Bertz CT molecular complexity index is 339. The van der Waals surface area contributed by atoms with Crippen molar-refractivity contribution in [3.63, 3.8) is 0 Å². The number of aliphatic carboxylic acids is 1. The van der Waals surface area contributed by atoms with Gasteiger partial charge in [0.1, 0.15) is 0 Å². The summed E-state index contributed by atoms with van der Waals surface area (Å²) in [6.07, 6.45) is 1.21. The van der Waals surface area contributed by atoms with Gasteiger partial charge in [0.15, 0.2) is 5.82 Å². The summed E-state index contributed by atoms with van der Waals surface area (Å²) in [5.41, 5.74) is 0. The van der Waals surface area contributed by atoms with Gasteiger partial charge in [-0.3, -0.25) is 4.79 Å². The maximum Gasteiger partial charge on any atom is 0.303 e. The topological polar surface area (TPSA) is 76.2 Å². The lowest BCUT2D eigenvalue weighted by Crippen LogP contribution is -1.96. The molecule has 0 aliphatic rings. The van der Waals surface area contributed by atoms with Crippen LogP contribution in [0.15, 0.2) is 4.52 Å². The highest BCUT2D eigenvalue weighted by molar-refractivity contribution is 7.99. The van der Waals surface area contributed by atoms with Crippen molar-refractivity contribution in [2.75, 3.05) is 0 Å². The zero-order valence-electron chi connectivity index (χ0n) is 9.47. The van der Waals surface area contributed by atoms with E-state index < -0.39 is 5.97 Å². The van der Waals surface area contributed by atoms with Gasteiger partial charge in [-0.05, 0) is 11.7 Å². The van der Waals surface area contributed by atoms with Crippen molar-refractivity contribution in [2.45, 2.75) is 44.1 Å². The summed E-state index contributed by atoms with van der Waals surface area (Å²) in [7, 11) is 0. The van der Waals surface area contributed by atoms with Crippen molar-refractivity contribution in [1.82, 2.24) is 10.1 Å². The lowest BCUT2D eigenvalue weighted by Gasteiger charge is -1.98. The minimum Gasteiger partial charge on any atom is -0.481 e. The zero-order valence-corrected chi connectivity index (χ0v) is 10.3. The molecule has 0 unspecified atom stereocenters. The molecule has 6 heteroatoms. The second kappa shape index (κ2) is 6.52. The molecule has 0 aliphatic heterocycles. The minimum atomic E-state index is -0.796. The van der Waals surface area contributed by atoms with E-state index in [0.717, 1.165) is 5.75 Å². The third-order valence-corrected chi connectivity index (χ3v) is 2.93. The standard InChI is InChI=1S/C10H16N2O3S/c1-7(2)16-6-8-11-9(15-12-8)4-3-5-10(13)14/h7H,3-6H2,1-2H3,(H,13,14). The summed E-state index contributed by atoms with van der Waals surface area (Å²) in [6.45, 7) is 4.22. The van der Waals surface area contributed by atoms with Gasteiger partial charge >= 0.3 is 5.97 Å². The Kier molecular flexibility index (Phi) is 5.31. The zero-order chi connectivity index (χ0) is 12.0. The molecule has 0 saturated heterocycles. The van der Waals surface area contributed by atoms with Crippen molar-refractivity contribution < 1.29 is 14.4 Å². The van der Waals surface area contributed by atoms with E-state index in [1.807, 2.05) is 0 Å². The third kappa shape index (κ3) is 5.16. The van der Waals surface area contributed by atoms with Gasteiger partial charge in [0.05, 0.1) is 5.75 Å². The van der Waals surface area contributed by atoms with Gasteiger partial charge in [0.2, 0.25) is 5.89 Å². The molecule has 1 N–H and O–H groups in total. The first-order valence-corrected chi connectivity index (χ1v) is 6.27. The first-order chi connectivity index (χ1) is 7.58. The van der Waals surface area contributed by atoms with Gasteiger partial charge in [-0.1, -0.05) is 19.0 Å². The van der Waals surface area contributed by atoms with Crippen LogP contribution in [0.4, 0.5) is 0 Å². The Labute approximate surface area is 98.6 Å². The van der Waals surface area contributed by atoms with Crippen LogP contribution < -0.4 is 0 Å². The Morgan fingerprint density at radius 1 is 1.56 bits per heavy atom. The monoisotopic (exact) mass is 244 g/mol. The van der Waals surface area contributed by atoms with Gasteiger partial charge in [-0.25, -0.2) is 0 Å². The van der Waals surface area contributed by atoms with E-state index in [0.29, 0.717) is 29.8 Å². The highest BCUT2D eigenvalue weighted by Crippen LogP contribution is 2.15. The third-order valence-electron chi connectivity index (χ3n) is 1.84. The van der Waals surface area contributed by atoms with Crippen molar-refractivity contribution >= 4 is 17.7 Å². The SMILES string of the molecule is CC(C)SCc1noc(CCCC(=O)O)n1. The van der Waals surface area contributed by atoms with Crippen LogP contribution in [0, 0.1) is 0 Å². The van der Waals surface area contributed by atoms with E-state index >= 15 is 0 Å². The van der Waals surface area contributed by atoms with Gasteiger partial charge in [0, 0.05) is 12.8 Å². The smallest absolute Gasteiger partial charge is 0.303 e. The van der Waals surface area contributed by atoms with E-state index in [1.165, 1.54) is 0 Å². The largest absolute Gasteiger partial charge is 0.481 e. The number of aromatic nitrogens is 2. The quantitative estimate of drug-likeness (QED) is 0.791. The second-order valence-electron chi connectivity index (χ2n) is 3.71. The van der Waals surface area contributed by atoms with E-state index in [1.54, 1.807) is 11.8 Å². The number of thioether (sulfide) groups is 1. The first kappa shape index (κ1) is 13.0. The number of hydrogen-bond acceptors (Lipinski definition) is 5. The number of hydrogen-bond donors (Lipinski definition) is 1. The molecule has 90 valence electrons. The highest BCUT2D eigenvalue weighted by Gasteiger charge is 2.07. The molecule has 0 radical (unpaired) electrons. The van der Waals surface area contributed by atoms with E-state index in [4.69, 9.17) is 9.63 Å². The molecule has 16 heavy (non-hydrogen) atoms. The molecule has 0 saturated carbocycles. The molecule has 1 heterocycles. The lowest BCUT2D eigenvalue weighted by molar-refractivity contribution is -0.137. The molecule has 0 spiro atoms. The van der Waals surface area contributed by atoms with Crippen LogP contribution >= 0.6 is 11.8 Å². The Balaban J connectivity index is 2.30. The molecule has 0 atom stereocenters. The van der Waals surface area contributed by atoms with Crippen LogP contribution in [-0.2, 0) is 17.0 Å². The van der Waals surface area contributed by atoms with Crippen LogP contribution in [0.3, 0.4) is 0 Å². The molecule has 0 amide bonds. The summed E-state index contributed by atoms with van der Waals surface area (Å²) < 4.78 is 5.01. The van der Waals surface area contributed by atoms with Crippen LogP contribution in [0.25, 0.3) is 0 Å². The Morgan fingerprint density at radius 3 is 2.94 bits per heavy atom. The van der Waals surface area contributed by atoms with Crippen LogP contribution in [0.5, 0.6) is 0 Å². The van der Waals surface area contributed by atoms with Gasteiger partial charge in [-0.2, -0.15) is 16.7 Å². The van der Waals surface area contributed by atoms with Crippen molar-refractivity contribution in [3.05, 3.63) is 11.7 Å². The maximum atomic E-state index is 10.3. The average molecular weight is 244 g/mol. The van der Waals surface area contributed by atoms with Crippen LogP contribution in [-0.4, -0.2) is 26.5 Å². The number of aryl methyl sites for hydroxylation is 1. The van der Waals surface area contributed by atoms with Crippen molar-refractivity contribution in [2.24, 2.45) is 0 Å². The fourth-order valence-corrected chi connectivity index (χ4v) is 1.68. The molecular formula is C10H16N2O3S. The number of carboxylic acids is 1. The molecule has 1 aromatic heterocycles. The molecule has 0 bridgehead atoms. The van der Waals surface area contributed by atoms with Gasteiger partial charge in [-0.15, -0.1) is 0 Å². The summed E-state index contributed by atoms with van der Waals surface area (Å²) in [6, 6.07) is 0. The highest BCUT2D eigenvalue weighted by atomic mass is 32.2. The molecule has 5 nitrogen and oxygen atoms in total. The molecule has 1 rings (SSSR count). The summed E-state index contributed by atoms with van der Waals surface area (Å²) in [5.74, 6) is 1.15. The maximum absolute atomic E-state index is 10.3. The first-order valence-electron chi connectivity index (χ1n) is 5.22. The number of carboxylic acid groups (broad SMARTS) is 1. The Hall–Kier alpha value is -1.04. The normalized spacial score (nSPS) is 10.9. The van der Waals surface area contributed by atoms with E-state index in [-0.39, 0.29) is 6.42 Å². The average Bonchev–Trinajstić information content (AvgIpc) is 2.62. The van der Waals surface area contributed by atoms with Crippen molar-refractivity contribution in [3.8, 4) is 0 Å². The van der Waals surface area contributed by atoms with Crippen LogP contribution in [0.1, 0.15) is 38.4 Å². The molecule has 0 aromatic carbocycles. The second-order valence-corrected chi connectivity index (χ2v) is 5.28. The fraction of sp³-hybridized carbons (Fsp3) is 0.700. The van der Waals surface area contributed by atoms with E-state index in [9.17, 15) is 4.79 Å². The predicted octanol–water partition coefficient (Wildman–Crippen LogP) is 2.12. The fourth-order valence-electron chi connectivity index (χ4n) is 1.08. The number of rotatable bonds is 7. The van der Waals surface area contributed by atoms with Crippen LogP contribution in [0.2, 0.25) is 0 Å². The number of carbonyl (C=O) groups is 1. The molecule has 1 aromatic rings. The number of nitrogens with zero attached hydrogens (tertiary/aromatic N) is 2.